The minimum atomic E-state index is 0.999. The monoisotopic (exact) mass is 246 g/mol. The van der Waals surface area contributed by atoms with Crippen molar-refractivity contribution in [3.8, 4) is 11.3 Å². The molecule has 0 unspecified atom stereocenters. The van der Waals surface area contributed by atoms with Crippen LogP contribution in [0.15, 0.2) is 61.1 Å². The molecule has 90 valence electrons. The Morgan fingerprint density at radius 1 is 0.947 bits per heavy atom. The highest BCUT2D eigenvalue weighted by molar-refractivity contribution is 5.97. The van der Waals surface area contributed by atoms with Crippen molar-refractivity contribution >= 4 is 16.3 Å². The standard InChI is InChI=1S/C15H10N4/c1-2-6-13-11(4-1)8-14(12-5-3-7-16-9-12)19-15(13)10-17-18-19/h1-10H. The normalized spacial score (nSPS) is 11.2. The predicted octanol–water partition coefficient (Wildman–Crippen LogP) is 2.94. The van der Waals surface area contributed by atoms with Crippen LogP contribution < -0.4 is 0 Å². The van der Waals surface area contributed by atoms with Gasteiger partial charge in [0.15, 0.2) is 0 Å². The molecule has 0 saturated heterocycles. The number of nitrogens with zero attached hydrogens (tertiary/aromatic N) is 4. The summed E-state index contributed by atoms with van der Waals surface area (Å²) < 4.78 is 1.86. The first kappa shape index (κ1) is 10.2. The highest BCUT2D eigenvalue weighted by atomic mass is 15.4. The van der Waals surface area contributed by atoms with Crippen molar-refractivity contribution in [3.05, 3.63) is 61.1 Å². The van der Waals surface area contributed by atoms with Crippen LogP contribution in [0.5, 0.6) is 0 Å². The quantitative estimate of drug-likeness (QED) is 0.518. The van der Waals surface area contributed by atoms with E-state index in [1.165, 1.54) is 5.39 Å². The summed E-state index contributed by atoms with van der Waals surface area (Å²) in [6, 6.07) is 14.3. The van der Waals surface area contributed by atoms with E-state index < -0.39 is 0 Å². The average Bonchev–Trinajstić information content (AvgIpc) is 2.97. The lowest BCUT2D eigenvalue weighted by molar-refractivity contribution is 0.864. The largest absolute Gasteiger partial charge is 0.264 e. The van der Waals surface area contributed by atoms with Gasteiger partial charge in [-0.15, -0.1) is 5.10 Å². The first-order valence-corrected chi connectivity index (χ1v) is 6.06. The van der Waals surface area contributed by atoms with Gasteiger partial charge in [-0.3, -0.25) is 4.98 Å². The summed E-state index contributed by atoms with van der Waals surface area (Å²) in [4.78, 5) is 4.17. The van der Waals surface area contributed by atoms with Gasteiger partial charge in [-0.2, -0.15) is 0 Å². The van der Waals surface area contributed by atoms with Crippen LogP contribution in [-0.4, -0.2) is 19.8 Å². The Morgan fingerprint density at radius 2 is 1.89 bits per heavy atom. The number of benzene rings is 1. The fraction of sp³-hybridized carbons (Fsp3) is 0. The van der Waals surface area contributed by atoms with Crippen LogP contribution in [-0.2, 0) is 0 Å². The molecule has 3 heterocycles. The fourth-order valence-electron chi connectivity index (χ4n) is 2.38. The van der Waals surface area contributed by atoms with Crippen molar-refractivity contribution in [1.82, 2.24) is 19.8 Å². The predicted molar refractivity (Wildman–Crippen MR) is 73.7 cm³/mol. The third-order valence-electron chi connectivity index (χ3n) is 3.26. The lowest BCUT2D eigenvalue weighted by Crippen LogP contribution is -1.95. The summed E-state index contributed by atoms with van der Waals surface area (Å²) in [6.07, 6.45) is 5.40. The summed E-state index contributed by atoms with van der Waals surface area (Å²) in [7, 11) is 0. The Hall–Kier alpha value is -2.75. The van der Waals surface area contributed by atoms with Crippen LogP contribution in [0.1, 0.15) is 0 Å². The van der Waals surface area contributed by atoms with E-state index in [1.54, 1.807) is 12.4 Å². The molecule has 0 N–H and O–H groups in total. The van der Waals surface area contributed by atoms with Gasteiger partial charge < -0.3 is 0 Å². The van der Waals surface area contributed by atoms with Gasteiger partial charge in [0, 0.05) is 23.3 Å². The molecule has 0 aliphatic rings. The maximum Gasteiger partial charge on any atom is 0.0950 e. The minimum Gasteiger partial charge on any atom is -0.264 e. The van der Waals surface area contributed by atoms with Crippen LogP contribution >= 0.6 is 0 Å². The smallest absolute Gasteiger partial charge is 0.0950 e. The van der Waals surface area contributed by atoms with E-state index in [2.05, 4.69) is 33.5 Å². The number of rotatable bonds is 1. The Bertz CT molecular complexity index is 865. The molecule has 0 amide bonds. The number of aromatic nitrogens is 4. The fourth-order valence-corrected chi connectivity index (χ4v) is 2.38. The third kappa shape index (κ3) is 1.50. The number of hydrogen-bond donors (Lipinski definition) is 0. The van der Waals surface area contributed by atoms with Gasteiger partial charge in [0.2, 0.25) is 0 Å². The molecule has 1 aromatic carbocycles. The second-order valence-electron chi connectivity index (χ2n) is 4.39. The molecule has 0 aliphatic carbocycles. The van der Waals surface area contributed by atoms with Crippen LogP contribution in [0.3, 0.4) is 0 Å². The van der Waals surface area contributed by atoms with E-state index in [-0.39, 0.29) is 0 Å². The van der Waals surface area contributed by atoms with E-state index in [0.29, 0.717) is 0 Å². The molecule has 0 atom stereocenters. The van der Waals surface area contributed by atoms with E-state index in [1.807, 2.05) is 35.0 Å². The van der Waals surface area contributed by atoms with Crippen molar-refractivity contribution < 1.29 is 0 Å². The maximum absolute atomic E-state index is 4.18. The Balaban J connectivity index is 2.17. The Labute approximate surface area is 109 Å². The van der Waals surface area contributed by atoms with E-state index in [4.69, 9.17) is 0 Å². The molecule has 4 aromatic rings. The second kappa shape index (κ2) is 3.88. The van der Waals surface area contributed by atoms with Crippen LogP contribution in [0.25, 0.3) is 27.5 Å². The molecule has 3 aromatic heterocycles. The first-order valence-electron chi connectivity index (χ1n) is 6.06. The van der Waals surface area contributed by atoms with Crippen molar-refractivity contribution in [2.75, 3.05) is 0 Å². The molecular weight excluding hydrogens is 236 g/mol. The molecular formula is C15H10N4. The summed E-state index contributed by atoms with van der Waals surface area (Å²) in [5.74, 6) is 0. The Morgan fingerprint density at radius 3 is 2.79 bits per heavy atom. The van der Waals surface area contributed by atoms with Gasteiger partial charge in [0.25, 0.3) is 0 Å². The van der Waals surface area contributed by atoms with Crippen molar-refractivity contribution in [1.29, 1.82) is 0 Å². The summed E-state index contributed by atoms with van der Waals surface area (Å²) in [5, 5.41) is 10.5. The molecule has 0 spiro atoms. The van der Waals surface area contributed by atoms with Crippen molar-refractivity contribution in [2.24, 2.45) is 0 Å². The van der Waals surface area contributed by atoms with Gasteiger partial charge in [0.1, 0.15) is 0 Å². The maximum atomic E-state index is 4.18. The van der Waals surface area contributed by atoms with Crippen molar-refractivity contribution in [2.45, 2.75) is 0 Å². The molecule has 0 bridgehead atoms. The van der Waals surface area contributed by atoms with Crippen molar-refractivity contribution in [3.63, 3.8) is 0 Å². The van der Waals surface area contributed by atoms with Gasteiger partial charge >= 0.3 is 0 Å². The number of pyridine rings is 2. The van der Waals surface area contributed by atoms with E-state index in [9.17, 15) is 0 Å². The molecule has 0 radical (unpaired) electrons. The van der Waals surface area contributed by atoms with Crippen LogP contribution in [0.4, 0.5) is 0 Å². The SMILES string of the molecule is c1cncc(-c2cc3ccccc3c3cnnn23)c1. The molecule has 4 nitrogen and oxygen atoms in total. The topological polar surface area (TPSA) is 43.1 Å². The molecule has 0 fully saturated rings. The van der Waals surface area contributed by atoms with Gasteiger partial charge in [-0.1, -0.05) is 29.5 Å². The van der Waals surface area contributed by atoms with E-state index in [0.717, 1.165) is 22.2 Å². The zero-order valence-corrected chi connectivity index (χ0v) is 10.1. The number of hydrogen-bond acceptors (Lipinski definition) is 3. The van der Waals surface area contributed by atoms with Gasteiger partial charge in [-0.05, 0) is 23.6 Å². The molecule has 19 heavy (non-hydrogen) atoms. The third-order valence-corrected chi connectivity index (χ3v) is 3.26. The lowest BCUT2D eigenvalue weighted by atomic mass is 10.1. The highest BCUT2D eigenvalue weighted by Gasteiger charge is 2.09. The van der Waals surface area contributed by atoms with Gasteiger partial charge in [0.05, 0.1) is 17.4 Å². The molecule has 4 rings (SSSR count). The first-order chi connectivity index (χ1) is 9.43. The minimum absolute atomic E-state index is 0.999. The van der Waals surface area contributed by atoms with E-state index >= 15 is 0 Å². The Kier molecular flexibility index (Phi) is 2.08. The van der Waals surface area contributed by atoms with Gasteiger partial charge in [-0.25, -0.2) is 4.52 Å². The van der Waals surface area contributed by atoms with Crippen LogP contribution in [0, 0.1) is 0 Å². The average molecular weight is 246 g/mol. The number of fused-ring (bicyclic) bond motifs is 3. The zero-order valence-electron chi connectivity index (χ0n) is 10.1. The lowest BCUT2D eigenvalue weighted by Gasteiger charge is -2.07. The molecule has 0 aliphatic heterocycles. The second-order valence-corrected chi connectivity index (χ2v) is 4.39. The molecule has 0 saturated carbocycles. The molecule has 4 heteroatoms. The summed E-state index contributed by atoms with van der Waals surface area (Å²) >= 11 is 0. The summed E-state index contributed by atoms with van der Waals surface area (Å²) in [5.41, 5.74) is 3.04. The van der Waals surface area contributed by atoms with Crippen LogP contribution in [0.2, 0.25) is 0 Å². The zero-order chi connectivity index (χ0) is 12.7. The highest BCUT2D eigenvalue weighted by Crippen LogP contribution is 2.26. The summed E-state index contributed by atoms with van der Waals surface area (Å²) in [6.45, 7) is 0.